The second-order valence-electron chi connectivity index (χ2n) is 4.91. The molecule has 5 heteroatoms. The molecule has 0 spiro atoms. The molecule has 23 heavy (non-hydrogen) atoms. The van der Waals surface area contributed by atoms with Gasteiger partial charge in [0.25, 0.3) is 0 Å². The summed E-state index contributed by atoms with van der Waals surface area (Å²) in [5, 5.41) is 3.57. The van der Waals surface area contributed by atoms with Gasteiger partial charge in [0.15, 0.2) is 5.71 Å². The molecule has 2 rings (SSSR count). The first-order valence-electron chi connectivity index (χ1n) is 7.18. The summed E-state index contributed by atoms with van der Waals surface area (Å²) < 4.78 is 11.2. The van der Waals surface area contributed by atoms with E-state index in [1.165, 1.54) is 14.0 Å². The van der Waals surface area contributed by atoms with Crippen LogP contribution in [0.3, 0.4) is 0 Å². The Labute approximate surface area is 135 Å². The molecule has 0 saturated heterocycles. The monoisotopic (exact) mass is 313 g/mol. The van der Waals surface area contributed by atoms with E-state index in [9.17, 15) is 4.79 Å². The van der Waals surface area contributed by atoms with Crippen molar-refractivity contribution in [1.82, 2.24) is 0 Å². The molecule has 0 aliphatic rings. The van der Waals surface area contributed by atoms with Crippen molar-refractivity contribution >= 4 is 11.7 Å². The topological polar surface area (TPSA) is 57.1 Å². The maximum Gasteiger partial charge on any atom is 0.361 e. The van der Waals surface area contributed by atoms with Crippen LogP contribution >= 0.6 is 0 Å². The number of aryl methyl sites for hydroxylation is 1. The summed E-state index contributed by atoms with van der Waals surface area (Å²) in [6.45, 7) is 3.80. The van der Waals surface area contributed by atoms with E-state index in [4.69, 9.17) is 9.47 Å². The van der Waals surface area contributed by atoms with Crippen LogP contribution in [0.25, 0.3) is 0 Å². The van der Waals surface area contributed by atoms with E-state index in [0.717, 1.165) is 16.9 Å². The highest BCUT2D eigenvalue weighted by molar-refractivity contribution is 6.35. The number of para-hydroxylation sites is 2. The Bertz CT molecular complexity index is 710. The number of hydrogen-bond donors (Lipinski definition) is 0. The van der Waals surface area contributed by atoms with Gasteiger partial charge in [-0.05, 0) is 31.5 Å². The average molecular weight is 313 g/mol. The first-order valence-corrected chi connectivity index (χ1v) is 7.18. The molecule has 0 saturated carbocycles. The minimum Gasteiger partial charge on any atom is -0.488 e. The second-order valence-corrected chi connectivity index (χ2v) is 4.91. The van der Waals surface area contributed by atoms with Crippen LogP contribution in [-0.2, 0) is 16.2 Å². The van der Waals surface area contributed by atoms with Crippen LogP contribution in [0, 0.1) is 6.92 Å². The fraction of sp³-hybridized carbons (Fsp3) is 0.222. The van der Waals surface area contributed by atoms with E-state index < -0.39 is 5.97 Å². The van der Waals surface area contributed by atoms with Gasteiger partial charge in [-0.2, -0.15) is 0 Å². The third-order valence-electron chi connectivity index (χ3n) is 3.18. The summed E-state index contributed by atoms with van der Waals surface area (Å²) in [6.07, 6.45) is 0. The van der Waals surface area contributed by atoms with Crippen LogP contribution in [0.15, 0.2) is 53.7 Å². The summed E-state index contributed by atoms with van der Waals surface area (Å²) in [5.41, 5.74) is 1.96. The molecular weight excluding hydrogens is 294 g/mol. The smallest absolute Gasteiger partial charge is 0.361 e. The number of esters is 1. The number of carbonyl (C=O) groups is 1. The SMILES string of the molecule is CON=C(C)C(=O)Oc1ccccc1COc1ccccc1C. The van der Waals surface area contributed by atoms with Crippen molar-refractivity contribution in [2.24, 2.45) is 5.16 Å². The molecule has 0 aromatic heterocycles. The van der Waals surface area contributed by atoms with Crippen LogP contribution in [0.4, 0.5) is 0 Å². The molecule has 0 bridgehead atoms. The lowest BCUT2D eigenvalue weighted by atomic mass is 10.2. The van der Waals surface area contributed by atoms with Crippen molar-refractivity contribution in [3.63, 3.8) is 0 Å². The lowest BCUT2D eigenvalue weighted by molar-refractivity contribution is -0.127. The Hall–Kier alpha value is -2.82. The summed E-state index contributed by atoms with van der Waals surface area (Å²) in [6, 6.07) is 15.0. The van der Waals surface area contributed by atoms with Gasteiger partial charge in [0, 0.05) is 5.56 Å². The number of benzene rings is 2. The normalized spacial score (nSPS) is 11.0. The van der Waals surface area contributed by atoms with Gasteiger partial charge < -0.3 is 14.3 Å². The van der Waals surface area contributed by atoms with Crippen LogP contribution in [0.5, 0.6) is 11.5 Å². The van der Waals surface area contributed by atoms with Crippen LogP contribution in [0.1, 0.15) is 18.1 Å². The number of nitrogens with zero attached hydrogens (tertiary/aromatic N) is 1. The molecule has 0 fully saturated rings. The maximum atomic E-state index is 11.9. The van der Waals surface area contributed by atoms with Crippen LogP contribution in [-0.4, -0.2) is 18.8 Å². The van der Waals surface area contributed by atoms with E-state index in [1.807, 2.05) is 43.3 Å². The Morgan fingerprint density at radius 3 is 2.39 bits per heavy atom. The Balaban J connectivity index is 2.10. The molecule has 2 aromatic rings. The van der Waals surface area contributed by atoms with Crippen molar-refractivity contribution in [2.45, 2.75) is 20.5 Å². The Kier molecular flexibility index (Phi) is 5.74. The van der Waals surface area contributed by atoms with Gasteiger partial charge in [0.05, 0.1) is 0 Å². The molecule has 0 aliphatic carbocycles. The van der Waals surface area contributed by atoms with Crippen LogP contribution in [0.2, 0.25) is 0 Å². The number of oxime groups is 1. The van der Waals surface area contributed by atoms with Crippen molar-refractivity contribution < 1.29 is 19.1 Å². The summed E-state index contributed by atoms with van der Waals surface area (Å²) in [7, 11) is 1.38. The van der Waals surface area contributed by atoms with Crippen molar-refractivity contribution in [2.75, 3.05) is 7.11 Å². The molecule has 0 atom stereocenters. The fourth-order valence-electron chi connectivity index (χ4n) is 1.94. The second kappa shape index (κ2) is 7.98. The standard InChI is InChI=1S/C18H19NO4/c1-13-8-4-6-10-16(13)22-12-15-9-5-7-11-17(15)23-18(20)14(2)19-21-3/h4-11H,12H2,1-3H3. The predicted molar refractivity (Wildman–Crippen MR) is 87.7 cm³/mol. The quantitative estimate of drug-likeness (QED) is 0.354. The van der Waals surface area contributed by atoms with Gasteiger partial charge in [0.1, 0.15) is 25.2 Å². The highest BCUT2D eigenvalue weighted by Crippen LogP contribution is 2.22. The van der Waals surface area contributed by atoms with Gasteiger partial charge in [-0.1, -0.05) is 41.6 Å². The minimum absolute atomic E-state index is 0.141. The maximum absolute atomic E-state index is 11.9. The highest BCUT2D eigenvalue weighted by atomic mass is 16.6. The van der Waals surface area contributed by atoms with E-state index in [0.29, 0.717) is 12.4 Å². The van der Waals surface area contributed by atoms with E-state index >= 15 is 0 Å². The first-order chi connectivity index (χ1) is 11.1. The first kappa shape index (κ1) is 16.5. The van der Waals surface area contributed by atoms with Gasteiger partial charge in [0.2, 0.25) is 0 Å². The lowest BCUT2D eigenvalue weighted by Crippen LogP contribution is -2.18. The summed E-state index contributed by atoms with van der Waals surface area (Å²) in [5.74, 6) is 0.678. The van der Waals surface area contributed by atoms with Crippen molar-refractivity contribution in [1.29, 1.82) is 0 Å². The van der Waals surface area contributed by atoms with Gasteiger partial charge >= 0.3 is 5.97 Å². The zero-order valence-corrected chi connectivity index (χ0v) is 13.4. The average Bonchev–Trinajstić information content (AvgIpc) is 2.55. The molecule has 0 aliphatic heterocycles. The molecule has 0 radical (unpaired) electrons. The third kappa shape index (κ3) is 4.57. The lowest BCUT2D eigenvalue weighted by Gasteiger charge is -2.12. The molecule has 0 heterocycles. The number of rotatable bonds is 6. The molecule has 0 amide bonds. The summed E-state index contributed by atoms with van der Waals surface area (Å²) in [4.78, 5) is 16.5. The van der Waals surface area contributed by atoms with Crippen molar-refractivity contribution in [3.05, 3.63) is 59.7 Å². The molecule has 0 unspecified atom stereocenters. The molecule has 120 valence electrons. The van der Waals surface area contributed by atoms with Gasteiger partial charge in [-0.15, -0.1) is 0 Å². The van der Waals surface area contributed by atoms with Crippen molar-refractivity contribution in [3.8, 4) is 11.5 Å². The fourth-order valence-corrected chi connectivity index (χ4v) is 1.94. The van der Waals surface area contributed by atoms with Gasteiger partial charge in [-0.3, -0.25) is 0 Å². The predicted octanol–water partition coefficient (Wildman–Crippen LogP) is 3.50. The third-order valence-corrected chi connectivity index (χ3v) is 3.18. The number of ether oxygens (including phenoxy) is 2. The molecule has 5 nitrogen and oxygen atoms in total. The zero-order valence-electron chi connectivity index (χ0n) is 13.4. The number of hydrogen-bond acceptors (Lipinski definition) is 5. The van der Waals surface area contributed by atoms with E-state index in [1.54, 1.807) is 12.1 Å². The van der Waals surface area contributed by atoms with E-state index in [-0.39, 0.29) is 5.71 Å². The molecule has 2 aromatic carbocycles. The largest absolute Gasteiger partial charge is 0.488 e. The molecule has 0 N–H and O–H groups in total. The van der Waals surface area contributed by atoms with Gasteiger partial charge in [-0.25, -0.2) is 4.79 Å². The Morgan fingerprint density at radius 2 is 1.70 bits per heavy atom. The Morgan fingerprint density at radius 1 is 1.04 bits per heavy atom. The van der Waals surface area contributed by atoms with Crippen LogP contribution < -0.4 is 9.47 Å². The number of carbonyl (C=O) groups excluding carboxylic acids is 1. The zero-order chi connectivity index (χ0) is 16.7. The molecular formula is C18H19NO4. The summed E-state index contributed by atoms with van der Waals surface area (Å²) >= 11 is 0. The van der Waals surface area contributed by atoms with E-state index in [2.05, 4.69) is 9.99 Å². The highest BCUT2D eigenvalue weighted by Gasteiger charge is 2.13. The minimum atomic E-state index is -0.560.